The summed E-state index contributed by atoms with van der Waals surface area (Å²) in [7, 11) is 0. The summed E-state index contributed by atoms with van der Waals surface area (Å²) in [5.41, 5.74) is 1.81. The Morgan fingerprint density at radius 2 is 1.81 bits per heavy atom. The molecule has 31 heavy (non-hydrogen) atoms. The molecule has 162 valence electrons. The Hall–Kier alpha value is -3.13. The first-order chi connectivity index (χ1) is 15.0. The number of halogens is 1. The zero-order chi connectivity index (χ0) is 22.1. The predicted octanol–water partition coefficient (Wildman–Crippen LogP) is 6.91. The fourth-order valence-electron chi connectivity index (χ4n) is 2.67. The minimum atomic E-state index is -0.332. The van der Waals surface area contributed by atoms with Crippen molar-refractivity contribution >= 4 is 38.3 Å². The number of aromatic nitrogens is 1. The third-order valence-electron chi connectivity index (χ3n) is 4.32. The summed E-state index contributed by atoms with van der Waals surface area (Å²) in [6.45, 7) is 6.23. The van der Waals surface area contributed by atoms with E-state index in [0.29, 0.717) is 35.1 Å². The van der Waals surface area contributed by atoms with Crippen molar-refractivity contribution in [3.05, 3.63) is 60.4 Å². The lowest BCUT2D eigenvalue weighted by Crippen LogP contribution is -2.06. The van der Waals surface area contributed by atoms with Crippen molar-refractivity contribution in [3.63, 3.8) is 0 Å². The van der Waals surface area contributed by atoms with Crippen molar-refractivity contribution in [2.75, 3.05) is 13.2 Å². The van der Waals surface area contributed by atoms with Crippen molar-refractivity contribution in [2.45, 2.75) is 32.6 Å². The maximum absolute atomic E-state index is 13.3. The van der Waals surface area contributed by atoms with Crippen LogP contribution < -0.4 is 4.74 Å². The molecule has 0 bridgehead atoms. The van der Waals surface area contributed by atoms with Crippen molar-refractivity contribution in [1.82, 2.24) is 4.98 Å². The standard InChI is InChI=1S/C23H24FN3O3S/c1-16(2)22(28)30-14-6-4-3-5-13-29-19-10-8-18(9-11-19)26-27-23-25-20-12-7-17(24)15-21(20)31-23/h7-12,15H,1,3-6,13-14H2,2H3. The fraction of sp³-hybridized carbons (Fsp3) is 0.304. The first-order valence-electron chi connectivity index (χ1n) is 10.0. The van der Waals surface area contributed by atoms with Crippen LogP contribution in [0.5, 0.6) is 5.75 Å². The van der Waals surface area contributed by atoms with E-state index in [1.54, 1.807) is 13.0 Å². The summed E-state index contributed by atoms with van der Waals surface area (Å²) >= 11 is 1.29. The van der Waals surface area contributed by atoms with E-state index in [0.717, 1.165) is 36.1 Å². The Labute approximate surface area is 184 Å². The van der Waals surface area contributed by atoms with Gasteiger partial charge in [0.25, 0.3) is 0 Å². The molecule has 0 unspecified atom stereocenters. The Bertz CT molecular complexity index is 1060. The molecule has 6 nitrogen and oxygen atoms in total. The summed E-state index contributed by atoms with van der Waals surface area (Å²) in [5.74, 6) is 0.144. The van der Waals surface area contributed by atoms with Gasteiger partial charge in [-0.15, -0.1) is 10.2 Å². The molecule has 0 atom stereocenters. The van der Waals surface area contributed by atoms with E-state index < -0.39 is 0 Å². The Morgan fingerprint density at radius 1 is 1.06 bits per heavy atom. The van der Waals surface area contributed by atoms with Crippen LogP contribution in [0, 0.1) is 5.82 Å². The van der Waals surface area contributed by atoms with Gasteiger partial charge in [0.15, 0.2) is 0 Å². The van der Waals surface area contributed by atoms with Gasteiger partial charge in [-0.25, -0.2) is 14.2 Å². The number of fused-ring (bicyclic) bond motifs is 1. The lowest BCUT2D eigenvalue weighted by molar-refractivity contribution is -0.139. The van der Waals surface area contributed by atoms with Crippen LogP contribution in [0.25, 0.3) is 10.2 Å². The number of rotatable bonds is 11. The van der Waals surface area contributed by atoms with Crippen LogP contribution in [0.4, 0.5) is 15.2 Å². The SMILES string of the molecule is C=C(C)C(=O)OCCCCCCOc1ccc(N=Nc2nc3ccc(F)cc3s2)cc1. The molecular weight excluding hydrogens is 417 g/mol. The molecular formula is C23H24FN3O3S. The highest BCUT2D eigenvalue weighted by Gasteiger charge is 2.04. The zero-order valence-electron chi connectivity index (χ0n) is 17.3. The maximum atomic E-state index is 13.3. The van der Waals surface area contributed by atoms with Crippen LogP contribution >= 0.6 is 11.3 Å². The van der Waals surface area contributed by atoms with Gasteiger partial charge in [-0.05, 0) is 75.1 Å². The van der Waals surface area contributed by atoms with E-state index in [1.165, 1.54) is 23.5 Å². The molecule has 3 rings (SSSR count). The topological polar surface area (TPSA) is 73.1 Å². The van der Waals surface area contributed by atoms with E-state index in [2.05, 4.69) is 21.8 Å². The van der Waals surface area contributed by atoms with Crippen molar-refractivity contribution in [2.24, 2.45) is 10.2 Å². The number of azo groups is 1. The van der Waals surface area contributed by atoms with E-state index >= 15 is 0 Å². The number of ether oxygens (including phenoxy) is 2. The summed E-state index contributed by atoms with van der Waals surface area (Å²) in [6.07, 6.45) is 3.74. The summed E-state index contributed by atoms with van der Waals surface area (Å²) in [4.78, 5) is 15.6. The van der Waals surface area contributed by atoms with Crippen LogP contribution in [0.1, 0.15) is 32.6 Å². The van der Waals surface area contributed by atoms with Crippen molar-refractivity contribution < 1.29 is 18.7 Å². The minimum Gasteiger partial charge on any atom is -0.494 e. The lowest BCUT2D eigenvalue weighted by Gasteiger charge is -2.06. The number of carbonyl (C=O) groups is 1. The third kappa shape index (κ3) is 7.25. The van der Waals surface area contributed by atoms with Gasteiger partial charge in [-0.1, -0.05) is 17.9 Å². The Morgan fingerprint density at radius 3 is 2.55 bits per heavy atom. The second-order valence-electron chi connectivity index (χ2n) is 6.98. The fourth-order valence-corrected chi connectivity index (χ4v) is 3.49. The molecule has 1 heterocycles. The van der Waals surface area contributed by atoms with Gasteiger partial charge in [0.1, 0.15) is 11.6 Å². The number of unbranched alkanes of at least 4 members (excludes halogenated alkanes) is 3. The summed E-state index contributed by atoms with van der Waals surface area (Å²) < 4.78 is 24.8. The number of hydrogen-bond acceptors (Lipinski definition) is 7. The molecule has 0 N–H and O–H groups in total. The van der Waals surface area contributed by atoms with Gasteiger partial charge in [0.05, 0.1) is 29.1 Å². The predicted molar refractivity (Wildman–Crippen MR) is 120 cm³/mol. The molecule has 3 aromatic rings. The number of thiazole rings is 1. The van der Waals surface area contributed by atoms with Crippen LogP contribution in [-0.2, 0) is 9.53 Å². The van der Waals surface area contributed by atoms with Crippen molar-refractivity contribution in [1.29, 1.82) is 0 Å². The average molecular weight is 442 g/mol. The largest absolute Gasteiger partial charge is 0.494 e. The van der Waals surface area contributed by atoms with Crippen LogP contribution in [0.2, 0.25) is 0 Å². The average Bonchev–Trinajstić information content (AvgIpc) is 3.16. The smallest absolute Gasteiger partial charge is 0.333 e. The first-order valence-corrected chi connectivity index (χ1v) is 10.9. The molecule has 0 aliphatic carbocycles. The molecule has 8 heteroatoms. The quantitative estimate of drug-likeness (QED) is 0.140. The summed E-state index contributed by atoms with van der Waals surface area (Å²) in [5, 5.41) is 8.80. The van der Waals surface area contributed by atoms with Gasteiger partial charge in [0.2, 0.25) is 5.13 Å². The van der Waals surface area contributed by atoms with Gasteiger partial charge in [-0.3, -0.25) is 0 Å². The minimum absolute atomic E-state index is 0.292. The molecule has 0 saturated carbocycles. The van der Waals surface area contributed by atoms with E-state index in [4.69, 9.17) is 9.47 Å². The molecule has 0 aliphatic heterocycles. The molecule has 0 fully saturated rings. The maximum Gasteiger partial charge on any atom is 0.333 e. The number of hydrogen-bond donors (Lipinski definition) is 0. The molecule has 0 amide bonds. The van der Waals surface area contributed by atoms with E-state index in [9.17, 15) is 9.18 Å². The second-order valence-corrected chi connectivity index (χ2v) is 7.99. The zero-order valence-corrected chi connectivity index (χ0v) is 18.2. The molecule has 0 saturated heterocycles. The van der Waals surface area contributed by atoms with Crippen LogP contribution in [-0.4, -0.2) is 24.2 Å². The molecule has 2 aromatic carbocycles. The highest BCUT2D eigenvalue weighted by atomic mass is 32.1. The van der Waals surface area contributed by atoms with Crippen molar-refractivity contribution in [3.8, 4) is 5.75 Å². The molecule has 0 spiro atoms. The third-order valence-corrected chi connectivity index (χ3v) is 5.22. The Balaban J connectivity index is 1.35. The van der Waals surface area contributed by atoms with Crippen LogP contribution in [0.3, 0.4) is 0 Å². The van der Waals surface area contributed by atoms with Crippen LogP contribution in [0.15, 0.2) is 64.8 Å². The number of nitrogens with zero attached hydrogens (tertiary/aromatic N) is 3. The van der Waals surface area contributed by atoms with Gasteiger partial charge < -0.3 is 9.47 Å². The normalized spacial score (nSPS) is 11.2. The lowest BCUT2D eigenvalue weighted by atomic mass is 10.2. The summed E-state index contributed by atoms with van der Waals surface area (Å²) in [6, 6.07) is 11.8. The number of esters is 1. The van der Waals surface area contributed by atoms with Gasteiger partial charge in [-0.2, -0.15) is 0 Å². The van der Waals surface area contributed by atoms with E-state index in [1.807, 2.05) is 24.3 Å². The van der Waals surface area contributed by atoms with Gasteiger partial charge in [0, 0.05) is 5.57 Å². The Kier molecular flexibility index (Phi) is 8.23. The number of benzene rings is 2. The highest BCUT2D eigenvalue weighted by molar-refractivity contribution is 7.21. The molecule has 0 aliphatic rings. The molecule has 0 radical (unpaired) electrons. The molecule has 1 aromatic heterocycles. The monoisotopic (exact) mass is 441 g/mol. The number of carbonyl (C=O) groups excluding carboxylic acids is 1. The first kappa shape index (κ1) is 22.6. The van der Waals surface area contributed by atoms with E-state index in [-0.39, 0.29) is 11.8 Å². The van der Waals surface area contributed by atoms with Gasteiger partial charge >= 0.3 is 5.97 Å². The highest BCUT2D eigenvalue weighted by Crippen LogP contribution is 2.30. The second kappa shape index (κ2) is 11.3.